The lowest BCUT2D eigenvalue weighted by Crippen LogP contribution is -2.27. The van der Waals surface area contributed by atoms with Crippen molar-refractivity contribution in [2.75, 3.05) is 19.7 Å². The van der Waals surface area contributed by atoms with Crippen LogP contribution in [0.1, 0.15) is 36.3 Å². The van der Waals surface area contributed by atoms with Crippen LogP contribution in [-0.4, -0.2) is 19.7 Å². The first-order valence-electron chi connectivity index (χ1n) is 6.51. The molecule has 0 aromatic heterocycles. The van der Waals surface area contributed by atoms with E-state index in [1.807, 2.05) is 6.07 Å². The van der Waals surface area contributed by atoms with Crippen LogP contribution in [0.15, 0.2) is 12.1 Å². The van der Waals surface area contributed by atoms with Gasteiger partial charge in [0.15, 0.2) is 0 Å². The Bertz CT molecular complexity index is 413. The second kappa shape index (κ2) is 4.65. The molecular formula is C14H18FNO. The van der Waals surface area contributed by atoms with Crippen LogP contribution < -0.4 is 10.1 Å². The van der Waals surface area contributed by atoms with E-state index in [4.69, 9.17) is 4.74 Å². The first-order valence-corrected chi connectivity index (χ1v) is 6.51. The van der Waals surface area contributed by atoms with Gasteiger partial charge in [-0.1, -0.05) is 6.07 Å². The third-order valence-electron chi connectivity index (χ3n) is 3.81. The van der Waals surface area contributed by atoms with Crippen LogP contribution in [0.4, 0.5) is 4.39 Å². The van der Waals surface area contributed by atoms with E-state index in [0.29, 0.717) is 5.92 Å². The number of halogens is 1. The number of hydrogen-bond donors (Lipinski definition) is 1. The molecule has 1 fully saturated rings. The van der Waals surface area contributed by atoms with E-state index >= 15 is 0 Å². The molecule has 0 radical (unpaired) electrons. The number of piperidine rings is 1. The number of fused-ring (bicyclic) bond motifs is 1. The molecule has 1 N–H and O–H groups in total. The van der Waals surface area contributed by atoms with Gasteiger partial charge in [0.2, 0.25) is 0 Å². The van der Waals surface area contributed by atoms with Crippen LogP contribution in [0.2, 0.25) is 0 Å². The largest absolute Gasteiger partial charge is 0.493 e. The van der Waals surface area contributed by atoms with Crippen LogP contribution >= 0.6 is 0 Å². The summed E-state index contributed by atoms with van der Waals surface area (Å²) in [5, 5.41) is 3.32. The maximum absolute atomic E-state index is 14.1. The molecule has 0 saturated carbocycles. The Hall–Kier alpha value is -1.09. The molecule has 92 valence electrons. The second-order valence-electron chi connectivity index (χ2n) is 4.93. The van der Waals surface area contributed by atoms with E-state index < -0.39 is 0 Å². The minimum atomic E-state index is -0.0856. The number of benzene rings is 1. The Morgan fingerprint density at radius 2 is 2.06 bits per heavy atom. The molecule has 3 rings (SSSR count). The molecule has 2 nitrogen and oxygen atoms in total. The van der Waals surface area contributed by atoms with Crippen LogP contribution in [-0.2, 0) is 6.42 Å². The van der Waals surface area contributed by atoms with Crippen molar-refractivity contribution in [3.63, 3.8) is 0 Å². The smallest absolute Gasteiger partial charge is 0.130 e. The summed E-state index contributed by atoms with van der Waals surface area (Å²) in [6, 6.07) is 3.50. The Balaban J connectivity index is 2.01. The normalized spacial score (nSPS) is 20.8. The minimum absolute atomic E-state index is 0.0856. The average Bonchev–Trinajstić information content (AvgIpc) is 2.39. The van der Waals surface area contributed by atoms with Gasteiger partial charge in [-0.25, -0.2) is 4.39 Å². The van der Waals surface area contributed by atoms with Gasteiger partial charge >= 0.3 is 0 Å². The lowest BCUT2D eigenvalue weighted by Gasteiger charge is -2.28. The minimum Gasteiger partial charge on any atom is -0.493 e. The molecule has 0 bridgehead atoms. The van der Waals surface area contributed by atoms with E-state index in [1.54, 1.807) is 6.07 Å². The number of hydrogen-bond acceptors (Lipinski definition) is 2. The highest BCUT2D eigenvalue weighted by molar-refractivity contribution is 5.45. The van der Waals surface area contributed by atoms with Crippen LogP contribution in [0.3, 0.4) is 0 Å². The highest BCUT2D eigenvalue weighted by Crippen LogP contribution is 2.39. The van der Waals surface area contributed by atoms with E-state index in [1.165, 1.54) is 5.56 Å². The maximum Gasteiger partial charge on any atom is 0.130 e. The van der Waals surface area contributed by atoms with Crippen LogP contribution in [0, 0.1) is 5.82 Å². The molecule has 0 spiro atoms. The Labute approximate surface area is 101 Å². The summed E-state index contributed by atoms with van der Waals surface area (Å²) in [7, 11) is 0. The van der Waals surface area contributed by atoms with E-state index in [9.17, 15) is 4.39 Å². The molecule has 0 unspecified atom stereocenters. The third kappa shape index (κ3) is 2.04. The zero-order valence-corrected chi connectivity index (χ0v) is 9.97. The molecule has 0 aliphatic carbocycles. The van der Waals surface area contributed by atoms with Crippen LogP contribution in [0.5, 0.6) is 5.75 Å². The van der Waals surface area contributed by atoms with Crippen molar-refractivity contribution in [1.29, 1.82) is 0 Å². The summed E-state index contributed by atoms with van der Waals surface area (Å²) in [6.45, 7) is 2.69. The first-order chi connectivity index (χ1) is 8.36. The highest BCUT2D eigenvalue weighted by atomic mass is 19.1. The summed E-state index contributed by atoms with van der Waals surface area (Å²) in [5.41, 5.74) is 2.02. The zero-order chi connectivity index (χ0) is 11.7. The summed E-state index contributed by atoms with van der Waals surface area (Å²) in [5.74, 6) is 1.09. The molecule has 1 aromatic rings. The average molecular weight is 235 g/mol. The van der Waals surface area contributed by atoms with Gasteiger partial charge < -0.3 is 10.1 Å². The standard InChI is InChI=1S/C14H18FNO/c15-12-4-3-11-2-1-9-17-14(11)13(12)10-5-7-16-8-6-10/h3-4,10,16H,1-2,5-9H2. The van der Waals surface area contributed by atoms with Crippen molar-refractivity contribution in [2.24, 2.45) is 0 Å². The summed E-state index contributed by atoms with van der Waals surface area (Å²) in [6.07, 6.45) is 4.09. The fourth-order valence-corrected chi connectivity index (χ4v) is 2.92. The van der Waals surface area contributed by atoms with Gasteiger partial charge in [0.05, 0.1) is 6.61 Å². The highest BCUT2D eigenvalue weighted by Gasteiger charge is 2.26. The summed E-state index contributed by atoms with van der Waals surface area (Å²) < 4.78 is 19.8. The number of nitrogens with one attached hydrogen (secondary N) is 1. The van der Waals surface area contributed by atoms with Crippen molar-refractivity contribution >= 4 is 0 Å². The molecule has 1 aromatic carbocycles. The summed E-state index contributed by atoms with van der Waals surface area (Å²) in [4.78, 5) is 0. The first kappa shape index (κ1) is 11.0. The van der Waals surface area contributed by atoms with Gasteiger partial charge in [-0.15, -0.1) is 0 Å². The van der Waals surface area contributed by atoms with E-state index in [-0.39, 0.29) is 5.82 Å². The molecule has 0 atom stereocenters. The molecule has 2 heterocycles. The van der Waals surface area contributed by atoms with E-state index in [0.717, 1.165) is 56.7 Å². The fourth-order valence-electron chi connectivity index (χ4n) is 2.92. The zero-order valence-electron chi connectivity index (χ0n) is 9.97. The molecule has 2 aliphatic rings. The fraction of sp³-hybridized carbons (Fsp3) is 0.571. The van der Waals surface area contributed by atoms with Crippen molar-refractivity contribution in [3.8, 4) is 5.75 Å². The van der Waals surface area contributed by atoms with Crippen molar-refractivity contribution < 1.29 is 9.13 Å². The Morgan fingerprint density at radius 1 is 1.24 bits per heavy atom. The lowest BCUT2D eigenvalue weighted by molar-refractivity contribution is 0.277. The lowest BCUT2D eigenvalue weighted by atomic mass is 9.87. The number of ether oxygens (including phenoxy) is 1. The molecule has 1 saturated heterocycles. The predicted molar refractivity (Wildman–Crippen MR) is 65.1 cm³/mol. The van der Waals surface area contributed by atoms with Gasteiger partial charge in [-0.2, -0.15) is 0 Å². The SMILES string of the molecule is Fc1ccc2c(c1C1CCNCC1)OCCC2. The molecule has 17 heavy (non-hydrogen) atoms. The van der Waals surface area contributed by atoms with Crippen molar-refractivity contribution in [3.05, 3.63) is 29.1 Å². The number of rotatable bonds is 1. The number of aryl methyl sites for hydroxylation is 1. The van der Waals surface area contributed by atoms with E-state index in [2.05, 4.69) is 5.32 Å². The van der Waals surface area contributed by atoms with Gasteiger partial charge in [0, 0.05) is 5.56 Å². The molecular weight excluding hydrogens is 217 g/mol. The van der Waals surface area contributed by atoms with Gasteiger partial charge in [0.25, 0.3) is 0 Å². The van der Waals surface area contributed by atoms with Crippen molar-refractivity contribution in [1.82, 2.24) is 5.32 Å². The van der Waals surface area contributed by atoms with Crippen molar-refractivity contribution in [2.45, 2.75) is 31.6 Å². The monoisotopic (exact) mass is 235 g/mol. The van der Waals surface area contributed by atoms with Gasteiger partial charge in [0.1, 0.15) is 11.6 Å². The molecule has 3 heteroatoms. The Kier molecular flexibility index (Phi) is 3.02. The van der Waals surface area contributed by atoms with Crippen LogP contribution in [0.25, 0.3) is 0 Å². The predicted octanol–water partition coefficient (Wildman–Crippen LogP) is 2.62. The quantitative estimate of drug-likeness (QED) is 0.808. The third-order valence-corrected chi connectivity index (χ3v) is 3.81. The topological polar surface area (TPSA) is 21.3 Å². The Morgan fingerprint density at radius 3 is 2.88 bits per heavy atom. The molecule has 0 amide bonds. The molecule has 2 aliphatic heterocycles. The second-order valence-corrected chi connectivity index (χ2v) is 4.93. The maximum atomic E-state index is 14.1. The van der Waals surface area contributed by atoms with Gasteiger partial charge in [-0.05, 0) is 56.3 Å². The summed E-state index contributed by atoms with van der Waals surface area (Å²) >= 11 is 0. The van der Waals surface area contributed by atoms with Gasteiger partial charge in [-0.3, -0.25) is 0 Å².